The number of amides is 1. The van der Waals surface area contributed by atoms with E-state index in [0.29, 0.717) is 75.4 Å². The van der Waals surface area contributed by atoms with Gasteiger partial charge in [0.05, 0.1) is 18.1 Å². The minimum atomic E-state index is -3.63. The Morgan fingerprint density at radius 2 is 1.84 bits per heavy atom. The molecule has 0 radical (unpaired) electrons. The number of aromatic nitrogens is 1. The van der Waals surface area contributed by atoms with Crippen LogP contribution in [0.2, 0.25) is 0 Å². The highest BCUT2D eigenvalue weighted by atomic mass is 32.2. The molecule has 0 spiro atoms. The largest absolute Gasteiger partial charge is 0.490 e. The molecule has 11 heteroatoms. The number of sulfonamides is 1. The minimum Gasteiger partial charge on any atom is -0.490 e. The maximum Gasteiger partial charge on any atom is 0.243 e. The average Bonchev–Trinajstić information content (AvgIpc) is 3.02. The van der Waals surface area contributed by atoms with Crippen LogP contribution in [0.4, 0.5) is 5.82 Å². The summed E-state index contributed by atoms with van der Waals surface area (Å²) in [7, 11) is -3.63. The zero-order valence-electron chi connectivity index (χ0n) is 17.4. The standard InChI is InChI=1S/C20H26N4O6S/c1-15-13-19(22-30-15)21-20(25)5-6-23-7-9-24(10-8-23)31(26,27)16-3-4-17-18(14-16)29-12-2-11-28-17/h3-4,13-14H,2,5-12H2,1H3,(H,21,22,25). The molecule has 31 heavy (non-hydrogen) atoms. The molecule has 4 rings (SSSR count). The number of anilines is 1. The molecule has 3 heterocycles. The van der Waals surface area contributed by atoms with Crippen molar-refractivity contribution in [2.75, 3.05) is 51.3 Å². The number of carbonyl (C=O) groups excluding carboxylic acids is 1. The normalized spacial score (nSPS) is 17.8. The van der Waals surface area contributed by atoms with Crippen LogP contribution in [0.3, 0.4) is 0 Å². The summed E-state index contributed by atoms with van der Waals surface area (Å²) in [6.07, 6.45) is 1.05. The molecular weight excluding hydrogens is 424 g/mol. The Hall–Kier alpha value is -2.63. The highest BCUT2D eigenvalue weighted by molar-refractivity contribution is 7.89. The second-order valence-corrected chi connectivity index (χ2v) is 9.46. The van der Waals surface area contributed by atoms with Gasteiger partial charge in [-0.2, -0.15) is 4.31 Å². The van der Waals surface area contributed by atoms with Crippen LogP contribution in [0, 0.1) is 6.92 Å². The SMILES string of the molecule is Cc1cc(NC(=O)CCN2CCN(S(=O)(=O)c3ccc4c(c3)OCCCO4)CC2)no1. The predicted octanol–water partition coefficient (Wildman–Crippen LogP) is 1.48. The summed E-state index contributed by atoms with van der Waals surface area (Å²) in [5.41, 5.74) is 0. The summed E-state index contributed by atoms with van der Waals surface area (Å²) < 4.78 is 43.7. The van der Waals surface area contributed by atoms with Crippen LogP contribution >= 0.6 is 0 Å². The third-order valence-corrected chi connectivity index (χ3v) is 7.13. The highest BCUT2D eigenvalue weighted by Gasteiger charge is 2.29. The highest BCUT2D eigenvalue weighted by Crippen LogP contribution is 2.33. The molecule has 1 aromatic carbocycles. The fraction of sp³-hybridized carbons (Fsp3) is 0.500. The lowest BCUT2D eigenvalue weighted by Crippen LogP contribution is -2.49. The van der Waals surface area contributed by atoms with Crippen molar-refractivity contribution in [1.82, 2.24) is 14.4 Å². The molecule has 1 saturated heterocycles. The van der Waals surface area contributed by atoms with Gasteiger partial charge in [-0.05, 0) is 19.1 Å². The van der Waals surface area contributed by atoms with Gasteiger partial charge in [-0.25, -0.2) is 8.42 Å². The molecule has 1 aromatic heterocycles. The lowest BCUT2D eigenvalue weighted by Gasteiger charge is -2.33. The summed E-state index contributed by atoms with van der Waals surface area (Å²) in [5, 5.41) is 6.42. The Morgan fingerprint density at radius 1 is 1.10 bits per heavy atom. The number of hydrogen-bond donors (Lipinski definition) is 1. The van der Waals surface area contributed by atoms with E-state index in [2.05, 4.69) is 15.4 Å². The van der Waals surface area contributed by atoms with Gasteiger partial charge in [0.25, 0.3) is 0 Å². The minimum absolute atomic E-state index is 0.157. The summed E-state index contributed by atoms with van der Waals surface area (Å²) >= 11 is 0. The maximum absolute atomic E-state index is 13.1. The Kier molecular flexibility index (Phi) is 6.44. The van der Waals surface area contributed by atoms with E-state index in [-0.39, 0.29) is 10.8 Å². The number of hydrogen-bond acceptors (Lipinski definition) is 8. The van der Waals surface area contributed by atoms with Gasteiger partial charge < -0.3 is 24.2 Å². The fourth-order valence-electron chi connectivity index (χ4n) is 3.54. The Bertz CT molecular complexity index is 1030. The third-order valence-electron chi connectivity index (χ3n) is 5.24. The number of aryl methyl sites for hydroxylation is 1. The second kappa shape index (κ2) is 9.25. The number of benzene rings is 1. The van der Waals surface area contributed by atoms with Crippen molar-refractivity contribution in [2.24, 2.45) is 0 Å². The number of rotatable bonds is 6. The molecule has 0 unspecified atom stereocenters. The first-order valence-corrected chi connectivity index (χ1v) is 11.7. The third kappa shape index (κ3) is 5.17. The van der Waals surface area contributed by atoms with Gasteiger partial charge >= 0.3 is 0 Å². The maximum atomic E-state index is 13.1. The van der Waals surface area contributed by atoms with Crippen LogP contribution in [0.1, 0.15) is 18.6 Å². The summed E-state index contributed by atoms with van der Waals surface area (Å²) in [6.45, 7) is 5.18. The predicted molar refractivity (Wildman–Crippen MR) is 112 cm³/mol. The van der Waals surface area contributed by atoms with Crippen LogP contribution in [-0.4, -0.2) is 74.6 Å². The topological polar surface area (TPSA) is 114 Å². The van der Waals surface area contributed by atoms with Crippen LogP contribution in [0.5, 0.6) is 11.5 Å². The van der Waals surface area contributed by atoms with E-state index < -0.39 is 10.0 Å². The Balaban J connectivity index is 1.29. The number of nitrogens with zero attached hydrogens (tertiary/aromatic N) is 3. The van der Waals surface area contributed by atoms with Gasteiger partial charge in [0.1, 0.15) is 5.76 Å². The molecule has 168 valence electrons. The molecule has 2 aliphatic rings. The first-order chi connectivity index (χ1) is 14.9. The van der Waals surface area contributed by atoms with Crippen LogP contribution < -0.4 is 14.8 Å². The van der Waals surface area contributed by atoms with Crippen molar-refractivity contribution in [3.63, 3.8) is 0 Å². The smallest absolute Gasteiger partial charge is 0.243 e. The van der Waals surface area contributed by atoms with Crippen LogP contribution in [-0.2, 0) is 14.8 Å². The molecule has 2 aliphatic heterocycles. The van der Waals surface area contributed by atoms with Crippen molar-refractivity contribution in [1.29, 1.82) is 0 Å². The number of ether oxygens (including phenoxy) is 2. The number of fused-ring (bicyclic) bond motifs is 1. The molecule has 1 N–H and O–H groups in total. The zero-order valence-corrected chi connectivity index (χ0v) is 18.2. The monoisotopic (exact) mass is 450 g/mol. The van der Waals surface area contributed by atoms with Crippen molar-refractivity contribution >= 4 is 21.7 Å². The van der Waals surface area contributed by atoms with Crippen molar-refractivity contribution in [2.45, 2.75) is 24.7 Å². The van der Waals surface area contributed by atoms with Gasteiger partial charge in [0.15, 0.2) is 17.3 Å². The van der Waals surface area contributed by atoms with Gasteiger partial charge in [-0.15, -0.1) is 0 Å². The lowest BCUT2D eigenvalue weighted by atomic mass is 10.3. The summed E-state index contributed by atoms with van der Waals surface area (Å²) in [4.78, 5) is 14.3. The molecule has 1 amide bonds. The van der Waals surface area contributed by atoms with E-state index in [4.69, 9.17) is 14.0 Å². The average molecular weight is 451 g/mol. The van der Waals surface area contributed by atoms with Crippen LogP contribution in [0.25, 0.3) is 0 Å². The number of carbonyl (C=O) groups is 1. The Labute approximate surface area is 181 Å². The molecule has 10 nitrogen and oxygen atoms in total. The molecule has 0 bridgehead atoms. The van der Waals surface area contributed by atoms with Crippen molar-refractivity contribution < 1.29 is 27.2 Å². The molecule has 1 fully saturated rings. The van der Waals surface area contributed by atoms with E-state index in [1.165, 1.54) is 10.4 Å². The molecule has 0 saturated carbocycles. The van der Waals surface area contributed by atoms with Crippen LogP contribution in [0.15, 0.2) is 33.7 Å². The van der Waals surface area contributed by atoms with Gasteiger partial charge in [0.2, 0.25) is 15.9 Å². The number of piperazine rings is 1. The van der Waals surface area contributed by atoms with Crippen molar-refractivity contribution in [3.8, 4) is 11.5 Å². The van der Waals surface area contributed by atoms with E-state index in [1.807, 2.05) is 0 Å². The van der Waals surface area contributed by atoms with E-state index in [9.17, 15) is 13.2 Å². The summed E-state index contributed by atoms with van der Waals surface area (Å²) in [5.74, 6) is 1.90. The first kappa shape index (κ1) is 21.6. The molecule has 2 aromatic rings. The molecule has 0 aliphatic carbocycles. The first-order valence-electron chi connectivity index (χ1n) is 10.3. The second-order valence-electron chi connectivity index (χ2n) is 7.53. The lowest BCUT2D eigenvalue weighted by molar-refractivity contribution is -0.116. The van der Waals surface area contributed by atoms with Gasteiger partial charge in [-0.3, -0.25) is 4.79 Å². The molecule has 0 atom stereocenters. The Morgan fingerprint density at radius 3 is 2.55 bits per heavy atom. The van der Waals surface area contributed by atoms with Crippen molar-refractivity contribution in [3.05, 3.63) is 30.0 Å². The zero-order chi connectivity index (χ0) is 21.8. The fourth-order valence-corrected chi connectivity index (χ4v) is 4.98. The molecular formula is C20H26N4O6S. The van der Waals surface area contributed by atoms with Gasteiger partial charge in [-0.1, -0.05) is 5.16 Å². The summed E-state index contributed by atoms with van der Waals surface area (Å²) in [6, 6.07) is 6.41. The van der Waals surface area contributed by atoms with E-state index >= 15 is 0 Å². The van der Waals surface area contributed by atoms with E-state index in [0.717, 1.165) is 6.42 Å². The quantitative estimate of drug-likeness (QED) is 0.704. The van der Waals surface area contributed by atoms with Gasteiger partial charge in [0, 0.05) is 57.7 Å². The number of nitrogens with one attached hydrogen (secondary N) is 1. The van der Waals surface area contributed by atoms with E-state index in [1.54, 1.807) is 25.1 Å².